The van der Waals surface area contributed by atoms with Gasteiger partial charge in [0, 0.05) is 10.0 Å². The van der Waals surface area contributed by atoms with Crippen molar-refractivity contribution in [1.29, 1.82) is 0 Å². The monoisotopic (exact) mass is 458 g/mol. The van der Waals surface area contributed by atoms with Gasteiger partial charge in [-0.05, 0) is 36.4 Å². The molecule has 3 rings (SSSR count). The first kappa shape index (κ1) is 20.3. The number of hydrogen-bond acceptors (Lipinski definition) is 6. The highest BCUT2D eigenvalue weighted by atomic mass is 79.9. The lowest BCUT2D eigenvalue weighted by Gasteiger charge is -2.26. The van der Waals surface area contributed by atoms with Gasteiger partial charge in [0.15, 0.2) is 6.61 Å². The summed E-state index contributed by atoms with van der Waals surface area (Å²) in [6.07, 6.45) is 1.31. The molecule has 0 radical (unpaired) electrons. The molecule has 9 heteroatoms. The number of carbonyl (C=O) groups excluding carboxylic acids is 4. The summed E-state index contributed by atoms with van der Waals surface area (Å²) in [5.74, 6) is -1.90. The lowest BCUT2D eigenvalue weighted by atomic mass is 10.1. The lowest BCUT2D eigenvalue weighted by molar-refractivity contribution is -0.143. The van der Waals surface area contributed by atoms with Gasteiger partial charge < -0.3 is 9.47 Å². The van der Waals surface area contributed by atoms with Crippen molar-refractivity contribution in [1.82, 2.24) is 5.32 Å². The third-order valence-corrected chi connectivity index (χ3v) is 4.51. The number of ether oxygens (including phenoxy) is 2. The summed E-state index contributed by atoms with van der Waals surface area (Å²) in [7, 11) is 1.23. The molecular weight excluding hydrogens is 444 g/mol. The van der Waals surface area contributed by atoms with Crippen LogP contribution in [0.5, 0.6) is 5.75 Å². The van der Waals surface area contributed by atoms with E-state index < -0.39 is 23.8 Å². The molecule has 4 amide bonds. The van der Waals surface area contributed by atoms with E-state index in [2.05, 4.69) is 26.0 Å². The van der Waals surface area contributed by atoms with Gasteiger partial charge in [0.1, 0.15) is 11.3 Å². The Hall–Kier alpha value is -3.46. The molecule has 2 aromatic carbocycles. The second-order valence-corrected chi connectivity index (χ2v) is 6.75. The van der Waals surface area contributed by atoms with Crippen molar-refractivity contribution in [3.05, 3.63) is 64.1 Å². The van der Waals surface area contributed by atoms with Crippen LogP contribution in [0.3, 0.4) is 0 Å². The second kappa shape index (κ2) is 8.70. The number of rotatable bonds is 5. The Morgan fingerprint density at radius 2 is 1.79 bits per heavy atom. The van der Waals surface area contributed by atoms with Gasteiger partial charge >= 0.3 is 12.0 Å². The Labute approximate surface area is 174 Å². The van der Waals surface area contributed by atoms with Crippen molar-refractivity contribution in [2.45, 2.75) is 0 Å². The Bertz CT molecular complexity index is 1020. The summed E-state index contributed by atoms with van der Waals surface area (Å²) in [4.78, 5) is 49.6. The molecule has 29 heavy (non-hydrogen) atoms. The summed E-state index contributed by atoms with van der Waals surface area (Å²) in [6, 6.07) is 12.2. The minimum atomic E-state index is -0.838. The number of urea groups is 1. The summed E-state index contributed by atoms with van der Waals surface area (Å²) in [5.41, 5.74) is 0.450. The fraction of sp³-hybridized carbons (Fsp3) is 0.100. The number of nitrogens with zero attached hydrogens (tertiary/aromatic N) is 1. The van der Waals surface area contributed by atoms with Crippen LogP contribution in [0.4, 0.5) is 10.5 Å². The number of methoxy groups -OCH3 is 1. The van der Waals surface area contributed by atoms with Crippen molar-refractivity contribution < 1.29 is 28.7 Å². The number of nitrogens with one attached hydrogen (secondary N) is 1. The highest BCUT2D eigenvalue weighted by Crippen LogP contribution is 2.26. The first-order valence-electron chi connectivity index (χ1n) is 8.36. The van der Waals surface area contributed by atoms with Gasteiger partial charge in [0.25, 0.3) is 11.8 Å². The smallest absolute Gasteiger partial charge is 0.343 e. The zero-order valence-corrected chi connectivity index (χ0v) is 16.8. The zero-order chi connectivity index (χ0) is 21.0. The van der Waals surface area contributed by atoms with E-state index in [1.807, 2.05) is 0 Å². The summed E-state index contributed by atoms with van der Waals surface area (Å²) in [5, 5.41) is 2.15. The predicted octanol–water partition coefficient (Wildman–Crippen LogP) is 2.67. The van der Waals surface area contributed by atoms with E-state index in [-0.39, 0.29) is 17.9 Å². The van der Waals surface area contributed by atoms with Gasteiger partial charge in [0.05, 0.1) is 12.8 Å². The SMILES string of the molecule is COC(=O)COc1ccccc1C=C1C(=O)NC(=O)N(c2ccc(Br)cc2)C1=O. The van der Waals surface area contributed by atoms with Gasteiger partial charge in [-0.1, -0.05) is 34.1 Å². The van der Waals surface area contributed by atoms with Gasteiger partial charge in [-0.2, -0.15) is 0 Å². The number of hydrogen-bond donors (Lipinski definition) is 1. The van der Waals surface area contributed by atoms with E-state index in [4.69, 9.17) is 4.74 Å². The van der Waals surface area contributed by atoms with Crippen LogP contribution in [0, 0.1) is 0 Å². The summed E-state index contributed by atoms with van der Waals surface area (Å²) < 4.78 is 10.7. The van der Waals surface area contributed by atoms with Crippen LogP contribution >= 0.6 is 15.9 Å². The third kappa shape index (κ3) is 4.52. The van der Waals surface area contributed by atoms with E-state index in [0.717, 1.165) is 9.37 Å². The highest BCUT2D eigenvalue weighted by Gasteiger charge is 2.36. The van der Waals surface area contributed by atoms with Crippen LogP contribution in [0.25, 0.3) is 6.08 Å². The van der Waals surface area contributed by atoms with Crippen LogP contribution in [0.2, 0.25) is 0 Å². The molecular formula is C20H15BrN2O6. The average Bonchev–Trinajstić information content (AvgIpc) is 2.71. The molecule has 0 aliphatic carbocycles. The maximum atomic E-state index is 12.9. The highest BCUT2D eigenvalue weighted by molar-refractivity contribution is 9.10. The predicted molar refractivity (Wildman–Crippen MR) is 107 cm³/mol. The molecule has 0 saturated carbocycles. The Morgan fingerprint density at radius 3 is 2.48 bits per heavy atom. The van der Waals surface area contributed by atoms with Crippen LogP contribution in [-0.2, 0) is 19.1 Å². The van der Waals surface area contributed by atoms with Crippen molar-refractivity contribution in [3.8, 4) is 5.75 Å². The van der Waals surface area contributed by atoms with Gasteiger partial charge in [-0.3, -0.25) is 14.9 Å². The topological polar surface area (TPSA) is 102 Å². The fourth-order valence-electron chi connectivity index (χ4n) is 2.56. The third-order valence-electron chi connectivity index (χ3n) is 3.98. The first-order chi connectivity index (χ1) is 13.9. The maximum Gasteiger partial charge on any atom is 0.343 e. The minimum absolute atomic E-state index is 0.248. The number of imide groups is 2. The quantitative estimate of drug-likeness (QED) is 0.419. The number of amides is 4. The van der Waals surface area contributed by atoms with Crippen LogP contribution in [-0.4, -0.2) is 37.5 Å². The standard InChI is InChI=1S/C20H15BrN2O6/c1-28-17(24)11-29-16-5-3-2-4-12(16)10-15-18(25)22-20(27)23(19(15)26)14-8-6-13(21)7-9-14/h2-10H,11H2,1H3,(H,22,25,27). The molecule has 0 aromatic heterocycles. The number of anilines is 1. The van der Waals surface area contributed by atoms with E-state index in [1.165, 1.54) is 13.2 Å². The maximum absolute atomic E-state index is 12.9. The summed E-state index contributed by atoms with van der Waals surface area (Å²) in [6.45, 7) is -0.333. The molecule has 1 N–H and O–H groups in total. The number of halogens is 1. The average molecular weight is 459 g/mol. The number of para-hydroxylation sites is 1. The van der Waals surface area contributed by atoms with Crippen molar-refractivity contribution >= 4 is 51.5 Å². The molecule has 0 bridgehead atoms. The molecule has 0 atom stereocenters. The molecule has 0 spiro atoms. The number of carbonyl (C=O) groups is 4. The van der Waals surface area contributed by atoms with Crippen LogP contribution in [0.1, 0.15) is 5.56 Å². The lowest BCUT2D eigenvalue weighted by Crippen LogP contribution is -2.54. The Kier molecular flexibility index (Phi) is 6.08. The normalized spacial score (nSPS) is 15.3. The number of benzene rings is 2. The van der Waals surface area contributed by atoms with E-state index in [9.17, 15) is 19.2 Å². The van der Waals surface area contributed by atoms with Crippen LogP contribution in [0.15, 0.2) is 58.6 Å². The van der Waals surface area contributed by atoms with Gasteiger partial charge in [-0.15, -0.1) is 0 Å². The van der Waals surface area contributed by atoms with Gasteiger partial charge in [-0.25, -0.2) is 14.5 Å². The molecule has 8 nitrogen and oxygen atoms in total. The molecule has 2 aromatic rings. The fourth-order valence-corrected chi connectivity index (χ4v) is 2.83. The van der Waals surface area contributed by atoms with Gasteiger partial charge in [0.2, 0.25) is 0 Å². The Morgan fingerprint density at radius 1 is 1.10 bits per heavy atom. The Balaban J connectivity index is 1.95. The molecule has 1 heterocycles. The van der Waals surface area contributed by atoms with Crippen molar-refractivity contribution in [3.63, 3.8) is 0 Å². The van der Waals surface area contributed by atoms with E-state index in [0.29, 0.717) is 11.3 Å². The first-order valence-corrected chi connectivity index (χ1v) is 9.15. The number of barbiturate groups is 1. The molecule has 148 valence electrons. The second-order valence-electron chi connectivity index (χ2n) is 5.84. The van der Waals surface area contributed by atoms with Crippen molar-refractivity contribution in [2.24, 2.45) is 0 Å². The minimum Gasteiger partial charge on any atom is -0.481 e. The molecule has 1 aliphatic rings. The molecule has 1 fully saturated rings. The molecule has 1 saturated heterocycles. The summed E-state index contributed by atoms with van der Waals surface area (Å²) >= 11 is 3.29. The largest absolute Gasteiger partial charge is 0.481 e. The van der Waals surface area contributed by atoms with Crippen LogP contribution < -0.4 is 15.0 Å². The van der Waals surface area contributed by atoms with E-state index >= 15 is 0 Å². The zero-order valence-electron chi connectivity index (χ0n) is 15.2. The molecule has 1 aliphatic heterocycles. The number of esters is 1. The van der Waals surface area contributed by atoms with Crippen molar-refractivity contribution in [2.75, 3.05) is 18.6 Å². The molecule has 0 unspecified atom stereocenters. The van der Waals surface area contributed by atoms with E-state index in [1.54, 1.807) is 48.5 Å².